The summed E-state index contributed by atoms with van der Waals surface area (Å²) in [5.74, 6) is -2.72. The van der Waals surface area contributed by atoms with Crippen LogP contribution in [-0.4, -0.2) is 12.3 Å². The first-order valence-corrected chi connectivity index (χ1v) is 16.0. The van der Waals surface area contributed by atoms with Crippen molar-refractivity contribution in [2.24, 2.45) is 0 Å². The molecule has 0 aliphatic carbocycles. The van der Waals surface area contributed by atoms with Crippen LogP contribution in [0.5, 0.6) is 0 Å². The monoisotopic (exact) mass is 446 g/mol. The fourth-order valence-electron chi connectivity index (χ4n) is 4.76. The Labute approximate surface area is 191 Å². The number of rotatable bonds is 16. The predicted octanol–water partition coefficient (Wildman–Crippen LogP) is 9.07. The van der Waals surface area contributed by atoms with Crippen molar-refractivity contribution in [3.05, 3.63) is 60.7 Å². The van der Waals surface area contributed by atoms with Crippen molar-refractivity contribution in [3.8, 4) is 0 Å². The molecule has 0 fully saturated rings. The summed E-state index contributed by atoms with van der Waals surface area (Å²) < 4.78 is 0. The van der Waals surface area contributed by atoms with E-state index in [1.807, 2.05) is 0 Å². The van der Waals surface area contributed by atoms with Gasteiger partial charge in [0.05, 0.1) is 0 Å². The van der Waals surface area contributed by atoms with Crippen LogP contribution in [0.15, 0.2) is 60.7 Å². The van der Waals surface area contributed by atoms with Crippen LogP contribution in [0.4, 0.5) is 0 Å². The van der Waals surface area contributed by atoms with Gasteiger partial charge in [0, 0.05) is 0 Å². The van der Waals surface area contributed by atoms with Gasteiger partial charge in [0.2, 0.25) is 0 Å². The van der Waals surface area contributed by atoms with Crippen molar-refractivity contribution in [1.82, 2.24) is 0 Å². The van der Waals surface area contributed by atoms with E-state index in [0.29, 0.717) is 0 Å². The minimum absolute atomic E-state index is 1.14. The minimum atomic E-state index is -2.72. The third-order valence-corrected chi connectivity index (χ3v) is 14.3. The van der Waals surface area contributed by atoms with Crippen molar-refractivity contribution in [2.45, 2.75) is 90.9 Å². The molecule has 0 saturated heterocycles. The van der Waals surface area contributed by atoms with Crippen LogP contribution in [0, 0.1) is 0 Å². The van der Waals surface area contributed by atoms with E-state index in [0.717, 1.165) is 12.3 Å². The molecule has 0 aliphatic rings. The van der Waals surface area contributed by atoms with Gasteiger partial charge in [0.1, 0.15) is 0 Å². The molecule has 0 N–H and O–H groups in total. The standard InChI is InChI=1S/C28H44ClP/c1-3-5-7-9-11-19-25-30(29,27-21-15-13-16-22-27,28-23-17-14-18-24-28)26-20-12-10-8-6-4-2/h13-18,21-24H,3-12,19-20,25-26H2,1-2H3. The quantitative estimate of drug-likeness (QED) is 0.178. The molecule has 0 atom stereocenters. The second-order valence-corrected chi connectivity index (χ2v) is 16.2. The fraction of sp³-hybridized carbons (Fsp3) is 0.571. The predicted molar refractivity (Wildman–Crippen MR) is 141 cm³/mol. The second kappa shape index (κ2) is 13.5. The number of unbranched alkanes of at least 4 members (excludes halogenated alkanes) is 10. The zero-order chi connectivity index (χ0) is 21.6. The second-order valence-electron chi connectivity index (χ2n) is 9.03. The Morgan fingerprint density at radius 2 is 0.833 bits per heavy atom. The van der Waals surface area contributed by atoms with E-state index < -0.39 is 5.96 Å². The van der Waals surface area contributed by atoms with Crippen molar-refractivity contribution in [3.63, 3.8) is 0 Å². The maximum absolute atomic E-state index is 8.06. The molecule has 2 aromatic carbocycles. The van der Waals surface area contributed by atoms with Crippen LogP contribution < -0.4 is 10.6 Å². The molecule has 30 heavy (non-hydrogen) atoms. The van der Waals surface area contributed by atoms with Crippen molar-refractivity contribution in [2.75, 3.05) is 12.3 Å². The number of halogens is 1. The molecule has 0 saturated carbocycles. The van der Waals surface area contributed by atoms with Crippen LogP contribution in [0.1, 0.15) is 90.9 Å². The van der Waals surface area contributed by atoms with E-state index in [1.165, 1.54) is 87.7 Å². The van der Waals surface area contributed by atoms with Gasteiger partial charge >= 0.3 is 192 Å². The van der Waals surface area contributed by atoms with E-state index >= 15 is 0 Å². The van der Waals surface area contributed by atoms with Gasteiger partial charge in [0.25, 0.3) is 0 Å². The van der Waals surface area contributed by atoms with Gasteiger partial charge < -0.3 is 0 Å². The van der Waals surface area contributed by atoms with E-state index in [4.69, 9.17) is 11.2 Å². The fourth-order valence-corrected chi connectivity index (χ4v) is 11.2. The van der Waals surface area contributed by atoms with Crippen molar-refractivity contribution >= 4 is 27.8 Å². The molecular weight excluding hydrogens is 403 g/mol. The topological polar surface area (TPSA) is 0 Å². The van der Waals surface area contributed by atoms with Crippen LogP contribution >= 0.6 is 17.2 Å². The van der Waals surface area contributed by atoms with Gasteiger partial charge in [-0.05, 0) is 0 Å². The molecular formula is C28H44ClP. The summed E-state index contributed by atoms with van der Waals surface area (Å²) in [7, 11) is 0. The van der Waals surface area contributed by atoms with Gasteiger partial charge in [-0.15, -0.1) is 0 Å². The van der Waals surface area contributed by atoms with Crippen LogP contribution in [0.25, 0.3) is 0 Å². The molecule has 0 aromatic heterocycles. The molecule has 0 heterocycles. The molecule has 0 unspecified atom stereocenters. The molecule has 0 spiro atoms. The van der Waals surface area contributed by atoms with Gasteiger partial charge in [-0.2, -0.15) is 0 Å². The van der Waals surface area contributed by atoms with Gasteiger partial charge in [-0.3, -0.25) is 0 Å². The summed E-state index contributed by atoms with van der Waals surface area (Å²) in [6, 6.07) is 22.2. The Kier molecular flexibility index (Phi) is 11.5. The summed E-state index contributed by atoms with van der Waals surface area (Å²) in [5.41, 5.74) is 0. The summed E-state index contributed by atoms with van der Waals surface area (Å²) in [4.78, 5) is 0. The van der Waals surface area contributed by atoms with E-state index in [-0.39, 0.29) is 0 Å². The molecule has 0 aliphatic heterocycles. The number of hydrogen-bond acceptors (Lipinski definition) is 0. The summed E-state index contributed by atoms with van der Waals surface area (Å²) in [6.07, 6.45) is 18.1. The third kappa shape index (κ3) is 7.10. The van der Waals surface area contributed by atoms with Crippen molar-refractivity contribution in [1.29, 1.82) is 0 Å². The molecule has 2 rings (SSSR count). The molecule has 2 aromatic rings. The van der Waals surface area contributed by atoms with Gasteiger partial charge in [0.15, 0.2) is 0 Å². The number of hydrogen-bond donors (Lipinski definition) is 0. The van der Waals surface area contributed by atoms with Gasteiger partial charge in [-0.25, -0.2) is 0 Å². The first kappa shape index (κ1) is 25.4. The maximum atomic E-state index is 8.06. The first-order valence-electron chi connectivity index (χ1n) is 12.5. The van der Waals surface area contributed by atoms with E-state index in [2.05, 4.69) is 74.5 Å². The number of benzene rings is 2. The Balaban J connectivity index is 2.25. The SMILES string of the molecule is CCCCCCCCP(Cl)(CCCCCCCC)(c1ccccc1)c1ccccc1. The van der Waals surface area contributed by atoms with E-state index in [1.54, 1.807) is 0 Å². The summed E-state index contributed by atoms with van der Waals surface area (Å²) in [5, 5.41) is 2.80. The zero-order valence-electron chi connectivity index (χ0n) is 19.5. The van der Waals surface area contributed by atoms with Gasteiger partial charge in [-0.1, -0.05) is 0 Å². The molecule has 168 valence electrons. The van der Waals surface area contributed by atoms with Crippen LogP contribution in [-0.2, 0) is 0 Å². The normalized spacial score (nSPS) is 13.1. The summed E-state index contributed by atoms with van der Waals surface area (Å²) in [6.45, 7) is 4.58. The van der Waals surface area contributed by atoms with E-state index in [9.17, 15) is 0 Å². The average molecular weight is 447 g/mol. The molecule has 2 heteroatoms. The third-order valence-electron chi connectivity index (χ3n) is 6.65. The molecule has 0 bridgehead atoms. The molecule has 0 nitrogen and oxygen atoms in total. The Morgan fingerprint density at radius 3 is 1.20 bits per heavy atom. The van der Waals surface area contributed by atoms with Crippen LogP contribution in [0.2, 0.25) is 0 Å². The Morgan fingerprint density at radius 1 is 0.500 bits per heavy atom. The Hall–Kier alpha value is -0.840. The average Bonchev–Trinajstić information content (AvgIpc) is 2.80. The van der Waals surface area contributed by atoms with Crippen LogP contribution in [0.3, 0.4) is 0 Å². The first-order chi connectivity index (χ1) is 14.6. The zero-order valence-corrected chi connectivity index (χ0v) is 21.1. The molecule has 0 amide bonds. The van der Waals surface area contributed by atoms with Crippen molar-refractivity contribution < 1.29 is 0 Å². The Bertz CT molecular complexity index is 623. The summed E-state index contributed by atoms with van der Waals surface area (Å²) >= 11 is 8.06. The molecule has 0 radical (unpaired) electrons.